The molecule has 0 aliphatic carbocycles. The number of nitrogens with one attached hydrogen (secondary N) is 1. The molecule has 1 heterocycles. The molecule has 0 saturated carbocycles. The minimum atomic E-state index is -0.447. The first-order valence-electron chi connectivity index (χ1n) is 6.50. The number of rotatable bonds is 2. The largest absolute Gasteiger partial charge is 0.342 e. The maximum absolute atomic E-state index is 12.4. The van der Waals surface area contributed by atoms with Crippen molar-refractivity contribution in [3.63, 3.8) is 0 Å². The van der Waals surface area contributed by atoms with Crippen LogP contribution in [0.1, 0.15) is 26.3 Å². The van der Waals surface area contributed by atoms with Crippen LogP contribution < -0.4 is 5.32 Å². The zero-order chi connectivity index (χ0) is 14.0. The summed E-state index contributed by atoms with van der Waals surface area (Å²) in [7, 11) is 0. The van der Waals surface area contributed by atoms with Crippen molar-refractivity contribution in [2.75, 3.05) is 6.54 Å². The lowest BCUT2D eigenvalue weighted by Crippen LogP contribution is -2.61. The molecule has 0 aromatic heterocycles. The third-order valence-corrected chi connectivity index (χ3v) is 3.28. The van der Waals surface area contributed by atoms with Crippen molar-refractivity contribution in [3.8, 4) is 0 Å². The van der Waals surface area contributed by atoms with Gasteiger partial charge in [0, 0.05) is 6.54 Å². The Kier molecular flexibility index (Phi) is 3.60. The van der Waals surface area contributed by atoms with Gasteiger partial charge in [0.2, 0.25) is 11.8 Å². The van der Waals surface area contributed by atoms with Gasteiger partial charge in [-0.2, -0.15) is 0 Å². The number of carbonyl (C=O) groups is 2. The maximum atomic E-state index is 12.4. The first-order valence-corrected chi connectivity index (χ1v) is 6.50. The van der Waals surface area contributed by atoms with Gasteiger partial charge in [0.15, 0.2) is 0 Å². The van der Waals surface area contributed by atoms with Gasteiger partial charge < -0.3 is 10.2 Å². The molecule has 1 saturated heterocycles. The summed E-state index contributed by atoms with van der Waals surface area (Å²) in [6.45, 7) is 6.51. The highest BCUT2D eigenvalue weighted by Crippen LogP contribution is 2.23. The quantitative estimate of drug-likeness (QED) is 0.877. The van der Waals surface area contributed by atoms with E-state index in [4.69, 9.17) is 0 Å². The smallest absolute Gasteiger partial charge is 0.246 e. The Morgan fingerprint density at radius 1 is 1.21 bits per heavy atom. The summed E-state index contributed by atoms with van der Waals surface area (Å²) in [5.74, 6) is -0.0913. The fourth-order valence-corrected chi connectivity index (χ4v) is 2.23. The van der Waals surface area contributed by atoms with Gasteiger partial charge in [-0.05, 0) is 11.0 Å². The molecule has 0 radical (unpaired) electrons. The first-order chi connectivity index (χ1) is 8.88. The third-order valence-electron chi connectivity index (χ3n) is 3.28. The number of amides is 2. The summed E-state index contributed by atoms with van der Waals surface area (Å²) in [5.41, 5.74) is 0.764. The molecule has 1 aromatic rings. The number of nitrogens with zero attached hydrogens (tertiary/aromatic N) is 1. The molecule has 2 amide bonds. The zero-order valence-electron chi connectivity index (χ0n) is 11.6. The van der Waals surface area contributed by atoms with Crippen LogP contribution >= 0.6 is 0 Å². The van der Waals surface area contributed by atoms with Crippen molar-refractivity contribution in [3.05, 3.63) is 35.9 Å². The molecule has 1 atom stereocenters. The summed E-state index contributed by atoms with van der Waals surface area (Å²) in [6.07, 6.45) is 0. The molecule has 2 rings (SSSR count). The van der Waals surface area contributed by atoms with E-state index >= 15 is 0 Å². The molecule has 102 valence electrons. The molecule has 4 heteroatoms. The van der Waals surface area contributed by atoms with Crippen LogP contribution in [0.3, 0.4) is 0 Å². The molecule has 1 aliphatic rings. The molecule has 1 aromatic carbocycles. The molecular weight excluding hydrogens is 240 g/mol. The molecule has 1 aliphatic heterocycles. The highest BCUT2D eigenvalue weighted by molar-refractivity contribution is 5.95. The number of benzene rings is 1. The van der Waals surface area contributed by atoms with Gasteiger partial charge in [0.05, 0.1) is 6.54 Å². The fraction of sp³-hybridized carbons (Fsp3) is 0.467. The van der Waals surface area contributed by atoms with Gasteiger partial charge in [0.25, 0.3) is 0 Å². The SMILES string of the molecule is CC(C)(C)C1NC(=O)CN(Cc2ccccc2)C1=O. The van der Waals surface area contributed by atoms with E-state index in [1.165, 1.54) is 0 Å². The zero-order valence-corrected chi connectivity index (χ0v) is 11.6. The van der Waals surface area contributed by atoms with Crippen LogP contribution in [0.4, 0.5) is 0 Å². The lowest BCUT2D eigenvalue weighted by molar-refractivity contribution is -0.147. The predicted octanol–water partition coefficient (Wildman–Crippen LogP) is 1.56. The summed E-state index contributed by atoms with van der Waals surface area (Å²) < 4.78 is 0. The van der Waals surface area contributed by atoms with Crippen LogP contribution in [0.2, 0.25) is 0 Å². The first kappa shape index (κ1) is 13.6. The summed E-state index contributed by atoms with van der Waals surface area (Å²) in [4.78, 5) is 25.8. The summed E-state index contributed by atoms with van der Waals surface area (Å²) in [5, 5.41) is 2.79. The second-order valence-electron chi connectivity index (χ2n) is 6.05. The Bertz CT molecular complexity index is 477. The minimum absolute atomic E-state index is 0.00375. The van der Waals surface area contributed by atoms with Crippen molar-refractivity contribution >= 4 is 11.8 Å². The van der Waals surface area contributed by atoms with E-state index in [-0.39, 0.29) is 23.8 Å². The Hall–Kier alpha value is -1.84. The molecular formula is C15H20N2O2. The normalized spacial score (nSPS) is 20.4. The average molecular weight is 260 g/mol. The van der Waals surface area contributed by atoms with Crippen molar-refractivity contribution in [1.82, 2.24) is 10.2 Å². The second kappa shape index (κ2) is 5.03. The van der Waals surface area contributed by atoms with Crippen molar-refractivity contribution in [1.29, 1.82) is 0 Å². The molecule has 0 bridgehead atoms. The van der Waals surface area contributed by atoms with Gasteiger partial charge in [0.1, 0.15) is 6.04 Å². The van der Waals surface area contributed by atoms with Crippen LogP contribution in [0.15, 0.2) is 30.3 Å². The number of carbonyl (C=O) groups excluding carboxylic acids is 2. The van der Waals surface area contributed by atoms with E-state index in [9.17, 15) is 9.59 Å². The topological polar surface area (TPSA) is 49.4 Å². The number of hydrogen-bond donors (Lipinski definition) is 1. The van der Waals surface area contributed by atoms with E-state index in [0.717, 1.165) is 5.56 Å². The highest BCUT2D eigenvalue weighted by atomic mass is 16.2. The van der Waals surface area contributed by atoms with Gasteiger partial charge in [-0.25, -0.2) is 0 Å². The molecule has 1 unspecified atom stereocenters. The van der Waals surface area contributed by atoms with E-state index in [1.807, 2.05) is 51.1 Å². The average Bonchev–Trinajstić information content (AvgIpc) is 2.33. The van der Waals surface area contributed by atoms with E-state index in [0.29, 0.717) is 6.54 Å². The van der Waals surface area contributed by atoms with Crippen LogP contribution in [-0.2, 0) is 16.1 Å². The van der Waals surface area contributed by atoms with Crippen molar-refractivity contribution < 1.29 is 9.59 Å². The molecule has 1 N–H and O–H groups in total. The fourth-order valence-electron chi connectivity index (χ4n) is 2.23. The van der Waals surface area contributed by atoms with E-state index < -0.39 is 6.04 Å². The maximum Gasteiger partial charge on any atom is 0.246 e. The number of hydrogen-bond acceptors (Lipinski definition) is 2. The van der Waals surface area contributed by atoms with Crippen LogP contribution in [0, 0.1) is 5.41 Å². The van der Waals surface area contributed by atoms with Crippen molar-refractivity contribution in [2.24, 2.45) is 5.41 Å². The summed E-state index contributed by atoms with van der Waals surface area (Å²) >= 11 is 0. The van der Waals surface area contributed by atoms with Crippen LogP contribution in [0.25, 0.3) is 0 Å². The number of piperazine rings is 1. The Morgan fingerprint density at radius 3 is 2.42 bits per heavy atom. The van der Waals surface area contributed by atoms with Crippen LogP contribution in [-0.4, -0.2) is 29.3 Å². The third kappa shape index (κ3) is 3.13. The Balaban J connectivity index is 2.16. The Labute approximate surface area is 113 Å². The molecule has 19 heavy (non-hydrogen) atoms. The highest BCUT2D eigenvalue weighted by Gasteiger charge is 2.39. The lowest BCUT2D eigenvalue weighted by atomic mass is 9.84. The lowest BCUT2D eigenvalue weighted by Gasteiger charge is -2.38. The predicted molar refractivity (Wildman–Crippen MR) is 73.2 cm³/mol. The van der Waals surface area contributed by atoms with Gasteiger partial charge >= 0.3 is 0 Å². The van der Waals surface area contributed by atoms with Crippen LogP contribution in [0.5, 0.6) is 0 Å². The van der Waals surface area contributed by atoms with Crippen molar-refractivity contribution in [2.45, 2.75) is 33.4 Å². The molecule has 0 spiro atoms. The van der Waals surface area contributed by atoms with Gasteiger partial charge in [-0.15, -0.1) is 0 Å². The standard InChI is InChI=1S/C15H20N2O2/c1-15(2,3)13-14(19)17(10-12(18)16-13)9-11-7-5-4-6-8-11/h4-8,13H,9-10H2,1-3H3,(H,16,18). The van der Waals surface area contributed by atoms with Gasteiger partial charge in [-0.3, -0.25) is 9.59 Å². The monoisotopic (exact) mass is 260 g/mol. The molecule has 4 nitrogen and oxygen atoms in total. The van der Waals surface area contributed by atoms with Gasteiger partial charge in [-0.1, -0.05) is 51.1 Å². The summed E-state index contributed by atoms with van der Waals surface area (Å²) in [6, 6.07) is 9.29. The second-order valence-corrected chi connectivity index (χ2v) is 6.05. The van der Waals surface area contributed by atoms with E-state index in [2.05, 4.69) is 5.32 Å². The molecule has 1 fully saturated rings. The Morgan fingerprint density at radius 2 is 1.84 bits per heavy atom. The van der Waals surface area contributed by atoms with E-state index in [1.54, 1.807) is 4.90 Å². The minimum Gasteiger partial charge on any atom is -0.342 e.